The highest BCUT2D eigenvalue weighted by Crippen LogP contribution is 2.23. The van der Waals surface area contributed by atoms with Gasteiger partial charge in [0.2, 0.25) is 0 Å². The van der Waals surface area contributed by atoms with Gasteiger partial charge in [-0.05, 0) is 50.1 Å². The van der Waals surface area contributed by atoms with Crippen molar-refractivity contribution < 1.29 is 4.79 Å². The van der Waals surface area contributed by atoms with E-state index < -0.39 is 0 Å². The van der Waals surface area contributed by atoms with Gasteiger partial charge in [-0.1, -0.05) is 43.0 Å². The molecule has 1 heterocycles. The number of amides is 1. The van der Waals surface area contributed by atoms with E-state index >= 15 is 0 Å². The molecule has 130 valence electrons. The summed E-state index contributed by atoms with van der Waals surface area (Å²) in [7, 11) is 0. The summed E-state index contributed by atoms with van der Waals surface area (Å²) in [4.78, 5) is 20.2. The monoisotopic (exact) mass is 353 g/mol. The van der Waals surface area contributed by atoms with Crippen molar-refractivity contribution in [1.82, 2.24) is 15.3 Å². The van der Waals surface area contributed by atoms with E-state index in [4.69, 9.17) is 0 Å². The topological polar surface area (TPSA) is 57.8 Å². The Morgan fingerprint density at radius 3 is 2.56 bits per heavy atom. The number of nitrogens with one attached hydrogen (secondary N) is 2. The molecule has 4 nitrogen and oxygen atoms in total. The van der Waals surface area contributed by atoms with Gasteiger partial charge in [-0.2, -0.15) is 0 Å². The number of nitrogens with zero attached hydrogens (tertiary/aromatic N) is 1. The van der Waals surface area contributed by atoms with E-state index in [1.165, 1.54) is 0 Å². The minimum Gasteiger partial charge on any atom is -0.347 e. The number of rotatable bonds is 6. The first-order chi connectivity index (χ1) is 12.0. The number of para-hydroxylation sites is 2. The number of aromatic amines is 1. The summed E-state index contributed by atoms with van der Waals surface area (Å²) < 4.78 is 0. The van der Waals surface area contributed by atoms with Gasteiger partial charge in [0, 0.05) is 16.9 Å². The second-order valence-corrected chi connectivity index (χ2v) is 7.70. The first-order valence-corrected chi connectivity index (χ1v) is 9.44. The Hall–Kier alpha value is -2.27. The largest absolute Gasteiger partial charge is 0.347 e. The Morgan fingerprint density at radius 1 is 1.16 bits per heavy atom. The first kappa shape index (κ1) is 17.5. The highest BCUT2D eigenvalue weighted by molar-refractivity contribution is 7.98. The van der Waals surface area contributed by atoms with Crippen LogP contribution < -0.4 is 5.32 Å². The number of carbonyl (C=O) groups excluding carboxylic acids is 1. The average molecular weight is 353 g/mol. The maximum Gasteiger partial charge on any atom is 0.251 e. The van der Waals surface area contributed by atoms with Crippen LogP contribution in [-0.2, 0) is 5.75 Å². The predicted molar refractivity (Wildman–Crippen MR) is 104 cm³/mol. The molecule has 1 amide bonds. The number of imidazole rings is 1. The second kappa shape index (κ2) is 7.31. The molecule has 0 atom stereocenters. The Labute approximate surface area is 152 Å². The van der Waals surface area contributed by atoms with Gasteiger partial charge in [0.1, 0.15) is 0 Å². The van der Waals surface area contributed by atoms with E-state index in [1.807, 2.05) is 62.4 Å². The number of hydrogen-bond donors (Lipinski definition) is 2. The molecule has 0 aliphatic rings. The van der Waals surface area contributed by atoms with E-state index in [0.29, 0.717) is 5.56 Å². The molecule has 0 aliphatic heterocycles. The summed E-state index contributed by atoms with van der Waals surface area (Å²) in [5.74, 6) is 0.783. The Balaban J connectivity index is 1.61. The van der Waals surface area contributed by atoms with Crippen LogP contribution in [0.3, 0.4) is 0 Å². The average Bonchev–Trinajstić information content (AvgIpc) is 3.03. The molecule has 3 aromatic rings. The van der Waals surface area contributed by atoms with Crippen LogP contribution in [-0.4, -0.2) is 21.4 Å². The Kier molecular flexibility index (Phi) is 5.13. The van der Waals surface area contributed by atoms with Gasteiger partial charge in [-0.25, -0.2) is 4.98 Å². The van der Waals surface area contributed by atoms with E-state index in [2.05, 4.69) is 22.2 Å². The normalized spacial score (nSPS) is 11.6. The molecular formula is C20H23N3OS. The predicted octanol–water partition coefficient (Wildman–Crippen LogP) is 4.77. The molecule has 0 spiro atoms. The highest BCUT2D eigenvalue weighted by atomic mass is 32.2. The van der Waals surface area contributed by atoms with Gasteiger partial charge in [-0.3, -0.25) is 4.79 Å². The Morgan fingerprint density at radius 2 is 1.88 bits per heavy atom. The van der Waals surface area contributed by atoms with Gasteiger partial charge in [-0.15, -0.1) is 0 Å². The van der Waals surface area contributed by atoms with Gasteiger partial charge >= 0.3 is 0 Å². The molecular weight excluding hydrogens is 330 g/mol. The lowest BCUT2D eigenvalue weighted by Crippen LogP contribution is -2.42. The summed E-state index contributed by atoms with van der Waals surface area (Å²) in [6.45, 7) is 6.13. The fraction of sp³-hybridized carbons (Fsp3) is 0.300. The number of H-pyrrole nitrogens is 1. The van der Waals surface area contributed by atoms with Crippen molar-refractivity contribution in [3.05, 3.63) is 59.7 Å². The van der Waals surface area contributed by atoms with Crippen LogP contribution in [0.25, 0.3) is 11.0 Å². The summed E-state index contributed by atoms with van der Waals surface area (Å²) in [6.07, 6.45) is 0.894. The van der Waals surface area contributed by atoms with E-state index in [1.54, 1.807) is 11.8 Å². The summed E-state index contributed by atoms with van der Waals surface area (Å²) in [6, 6.07) is 15.8. The number of benzene rings is 2. The number of fused-ring (bicyclic) bond motifs is 1. The van der Waals surface area contributed by atoms with Crippen LogP contribution in [0.1, 0.15) is 43.1 Å². The molecule has 0 fully saturated rings. The van der Waals surface area contributed by atoms with Crippen LogP contribution in [0, 0.1) is 0 Å². The zero-order chi connectivity index (χ0) is 17.9. The standard InChI is InChI=1S/C20H23N3OS/c1-4-20(2,3)23-18(24)15-11-9-14(10-12-15)13-25-19-21-16-7-5-6-8-17(16)22-19/h5-12H,4,13H2,1-3H3,(H,21,22)(H,23,24). The van der Waals surface area contributed by atoms with Crippen molar-refractivity contribution >= 4 is 28.7 Å². The summed E-state index contributed by atoms with van der Waals surface area (Å²) in [5, 5.41) is 3.97. The molecule has 2 N–H and O–H groups in total. The van der Waals surface area contributed by atoms with Crippen LogP contribution in [0.5, 0.6) is 0 Å². The van der Waals surface area contributed by atoms with Gasteiger partial charge in [0.15, 0.2) is 5.16 Å². The zero-order valence-electron chi connectivity index (χ0n) is 14.8. The van der Waals surface area contributed by atoms with Crippen molar-refractivity contribution in [2.75, 3.05) is 0 Å². The van der Waals surface area contributed by atoms with Crippen molar-refractivity contribution in [1.29, 1.82) is 0 Å². The molecule has 0 aliphatic carbocycles. The van der Waals surface area contributed by atoms with Crippen LogP contribution in [0.2, 0.25) is 0 Å². The van der Waals surface area contributed by atoms with Crippen molar-refractivity contribution in [2.45, 2.75) is 43.6 Å². The molecule has 1 aromatic heterocycles. The zero-order valence-corrected chi connectivity index (χ0v) is 15.6. The molecule has 3 rings (SSSR count). The first-order valence-electron chi connectivity index (χ1n) is 8.46. The fourth-order valence-corrected chi connectivity index (χ4v) is 3.21. The van der Waals surface area contributed by atoms with Gasteiger partial charge in [0.25, 0.3) is 5.91 Å². The van der Waals surface area contributed by atoms with Crippen LogP contribution in [0.4, 0.5) is 0 Å². The number of carbonyl (C=O) groups is 1. The van der Waals surface area contributed by atoms with E-state index in [0.717, 1.165) is 33.9 Å². The third-order valence-electron chi connectivity index (χ3n) is 4.30. The lowest BCUT2D eigenvalue weighted by atomic mass is 10.0. The third-order valence-corrected chi connectivity index (χ3v) is 5.24. The molecule has 0 saturated carbocycles. The lowest BCUT2D eigenvalue weighted by Gasteiger charge is -2.24. The highest BCUT2D eigenvalue weighted by Gasteiger charge is 2.18. The molecule has 0 saturated heterocycles. The lowest BCUT2D eigenvalue weighted by molar-refractivity contribution is 0.0911. The van der Waals surface area contributed by atoms with Gasteiger partial charge < -0.3 is 10.3 Å². The minimum atomic E-state index is -0.188. The maximum atomic E-state index is 12.3. The molecule has 5 heteroatoms. The van der Waals surface area contributed by atoms with Crippen LogP contribution >= 0.6 is 11.8 Å². The van der Waals surface area contributed by atoms with E-state index in [9.17, 15) is 4.79 Å². The number of aromatic nitrogens is 2. The Bertz CT molecular complexity index is 835. The molecule has 25 heavy (non-hydrogen) atoms. The number of hydrogen-bond acceptors (Lipinski definition) is 3. The van der Waals surface area contributed by atoms with Crippen LogP contribution in [0.15, 0.2) is 53.7 Å². The molecule has 0 bridgehead atoms. The minimum absolute atomic E-state index is 0.0247. The van der Waals surface area contributed by atoms with E-state index in [-0.39, 0.29) is 11.4 Å². The smallest absolute Gasteiger partial charge is 0.251 e. The molecule has 2 aromatic carbocycles. The SMILES string of the molecule is CCC(C)(C)NC(=O)c1ccc(CSc2nc3ccccc3[nH]2)cc1. The summed E-state index contributed by atoms with van der Waals surface area (Å²) in [5.41, 5.74) is 3.70. The third kappa shape index (κ3) is 4.42. The van der Waals surface area contributed by atoms with Crippen molar-refractivity contribution in [3.8, 4) is 0 Å². The number of thioether (sulfide) groups is 1. The molecule has 0 radical (unpaired) electrons. The fourth-order valence-electron chi connectivity index (χ4n) is 2.37. The van der Waals surface area contributed by atoms with Crippen molar-refractivity contribution in [3.63, 3.8) is 0 Å². The van der Waals surface area contributed by atoms with Gasteiger partial charge in [0.05, 0.1) is 11.0 Å². The van der Waals surface area contributed by atoms with Crippen molar-refractivity contribution in [2.24, 2.45) is 0 Å². The second-order valence-electron chi connectivity index (χ2n) is 6.74. The molecule has 0 unspecified atom stereocenters. The maximum absolute atomic E-state index is 12.3. The summed E-state index contributed by atoms with van der Waals surface area (Å²) >= 11 is 1.66. The quantitative estimate of drug-likeness (QED) is 0.627.